The standard InChI is InChI=1S/C26H35NO2/c1-8-22-18(4)12-16(2)13-23(22)25-14-19(5)26-17(3)10-9-11-24(26)27(25)29-21(7)15-20(6)28/h9-14,20-21,25,28H,8,15H2,1-7H3. The van der Waals surface area contributed by atoms with Gasteiger partial charge in [0.1, 0.15) is 6.04 Å². The quantitative estimate of drug-likeness (QED) is 0.631. The number of allylic oxidation sites excluding steroid dienone is 1. The van der Waals surface area contributed by atoms with Crippen LogP contribution in [0.2, 0.25) is 0 Å². The average Bonchev–Trinajstić information content (AvgIpc) is 2.62. The molecule has 0 fully saturated rings. The van der Waals surface area contributed by atoms with E-state index in [9.17, 15) is 5.11 Å². The SMILES string of the molecule is CCc1c(C)cc(C)cc1C1C=C(C)c2c(C)cccc2N1OC(C)CC(C)O. The Kier molecular flexibility index (Phi) is 6.50. The molecule has 3 heteroatoms. The number of aliphatic hydroxyl groups excluding tert-OH is 1. The molecule has 1 N–H and O–H groups in total. The molecule has 0 bridgehead atoms. The van der Waals surface area contributed by atoms with Crippen molar-refractivity contribution >= 4 is 11.3 Å². The van der Waals surface area contributed by atoms with Crippen molar-refractivity contribution < 1.29 is 9.94 Å². The Morgan fingerprint density at radius 2 is 1.79 bits per heavy atom. The lowest BCUT2D eigenvalue weighted by molar-refractivity contribution is 0.00457. The Morgan fingerprint density at radius 1 is 1.07 bits per heavy atom. The van der Waals surface area contributed by atoms with Crippen LogP contribution in [0.4, 0.5) is 5.69 Å². The number of hydrogen-bond acceptors (Lipinski definition) is 3. The van der Waals surface area contributed by atoms with Crippen LogP contribution in [0.15, 0.2) is 36.4 Å². The van der Waals surface area contributed by atoms with Crippen LogP contribution in [0, 0.1) is 20.8 Å². The van der Waals surface area contributed by atoms with Gasteiger partial charge in [-0.2, -0.15) is 0 Å². The summed E-state index contributed by atoms with van der Waals surface area (Å²) in [6.07, 6.45) is 3.43. The molecular formula is C26H35NO2. The molecule has 3 nitrogen and oxygen atoms in total. The highest BCUT2D eigenvalue weighted by Gasteiger charge is 2.31. The van der Waals surface area contributed by atoms with E-state index in [1.165, 1.54) is 39.0 Å². The van der Waals surface area contributed by atoms with E-state index >= 15 is 0 Å². The molecule has 2 aromatic carbocycles. The summed E-state index contributed by atoms with van der Waals surface area (Å²) in [5, 5.41) is 11.9. The van der Waals surface area contributed by atoms with E-state index in [0.717, 1.165) is 12.1 Å². The number of rotatable bonds is 6. The van der Waals surface area contributed by atoms with E-state index in [1.54, 1.807) is 0 Å². The van der Waals surface area contributed by atoms with Gasteiger partial charge in [-0.3, -0.25) is 4.84 Å². The van der Waals surface area contributed by atoms with Gasteiger partial charge in [-0.05, 0) is 81.9 Å². The molecular weight excluding hydrogens is 358 g/mol. The second kappa shape index (κ2) is 8.73. The number of hydroxylamine groups is 1. The van der Waals surface area contributed by atoms with Crippen LogP contribution in [-0.4, -0.2) is 17.3 Å². The van der Waals surface area contributed by atoms with E-state index in [4.69, 9.17) is 4.84 Å². The first-order chi connectivity index (χ1) is 13.7. The van der Waals surface area contributed by atoms with Gasteiger partial charge in [0.05, 0.1) is 17.9 Å². The van der Waals surface area contributed by atoms with Gasteiger partial charge in [0.2, 0.25) is 0 Å². The van der Waals surface area contributed by atoms with Crippen molar-refractivity contribution in [2.45, 2.75) is 79.6 Å². The molecule has 0 amide bonds. The summed E-state index contributed by atoms with van der Waals surface area (Å²) in [4.78, 5) is 6.51. The fourth-order valence-corrected chi connectivity index (χ4v) is 4.72. The van der Waals surface area contributed by atoms with Crippen molar-refractivity contribution in [1.82, 2.24) is 0 Å². The minimum atomic E-state index is -0.394. The zero-order chi connectivity index (χ0) is 21.3. The average molecular weight is 394 g/mol. The fraction of sp³-hybridized carbons (Fsp3) is 0.462. The van der Waals surface area contributed by atoms with Gasteiger partial charge in [-0.15, -0.1) is 0 Å². The molecule has 0 saturated heterocycles. The lowest BCUT2D eigenvalue weighted by Gasteiger charge is -2.39. The van der Waals surface area contributed by atoms with Gasteiger partial charge in [0.15, 0.2) is 0 Å². The molecule has 0 aliphatic carbocycles. The van der Waals surface area contributed by atoms with E-state index in [0.29, 0.717) is 6.42 Å². The van der Waals surface area contributed by atoms with Crippen LogP contribution in [0.3, 0.4) is 0 Å². The minimum Gasteiger partial charge on any atom is -0.393 e. The summed E-state index contributed by atoms with van der Waals surface area (Å²) < 4.78 is 0. The maximum absolute atomic E-state index is 9.86. The number of aryl methyl sites for hydroxylation is 3. The van der Waals surface area contributed by atoms with Crippen molar-refractivity contribution in [2.75, 3.05) is 5.06 Å². The first-order valence-electron chi connectivity index (χ1n) is 10.7. The minimum absolute atomic E-state index is 0.00861. The van der Waals surface area contributed by atoms with Gasteiger partial charge in [0, 0.05) is 12.0 Å². The number of aliphatic hydroxyl groups is 1. The third-order valence-corrected chi connectivity index (χ3v) is 5.83. The molecule has 3 unspecified atom stereocenters. The summed E-state index contributed by atoms with van der Waals surface area (Å²) >= 11 is 0. The van der Waals surface area contributed by atoms with Crippen LogP contribution >= 0.6 is 0 Å². The number of benzene rings is 2. The van der Waals surface area contributed by atoms with Crippen LogP contribution < -0.4 is 5.06 Å². The predicted molar refractivity (Wildman–Crippen MR) is 122 cm³/mol. The largest absolute Gasteiger partial charge is 0.393 e. The first-order valence-corrected chi connectivity index (χ1v) is 10.7. The number of fused-ring (bicyclic) bond motifs is 1. The smallest absolute Gasteiger partial charge is 0.101 e. The lowest BCUT2D eigenvalue weighted by Crippen LogP contribution is -2.36. The van der Waals surface area contributed by atoms with Crippen LogP contribution in [0.25, 0.3) is 5.57 Å². The zero-order valence-corrected chi connectivity index (χ0v) is 18.9. The second-order valence-corrected chi connectivity index (χ2v) is 8.59. The van der Waals surface area contributed by atoms with Gasteiger partial charge in [-0.25, -0.2) is 5.06 Å². The van der Waals surface area contributed by atoms with E-state index < -0.39 is 6.10 Å². The summed E-state index contributed by atoms with van der Waals surface area (Å²) in [7, 11) is 0. The number of hydrogen-bond donors (Lipinski definition) is 1. The van der Waals surface area contributed by atoms with Crippen LogP contribution in [-0.2, 0) is 11.3 Å². The van der Waals surface area contributed by atoms with E-state index in [2.05, 4.69) is 76.1 Å². The molecule has 3 atom stereocenters. The molecule has 1 aliphatic rings. The van der Waals surface area contributed by atoms with Crippen molar-refractivity contribution in [1.29, 1.82) is 0 Å². The fourth-order valence-electron chi connectivity index (χ4n) is 4.72. The molecule has 156 valence electrons. The van der Waals surface area contributed by atoms with Crippen LogP contribution in [0.5, 0.6) is 0 Å². The van der Waals surface area contributed by atoms with Gasteiger partial charge < -0.3 is 5.11 Å². The normalized spacial score (nSPS) is 18.3. The highest BCUT2D eigenvalue weighted by atomic mass is 16.7. The molecule has 2 aromatic rings. The van der Waals surface area contributed by atoms with Crippen LogP contribution in [0.1, 0.15) is 73.5 Å². The van der Waals surface area contributed by atoms with E-state index in [1.807, 2.05) is 13.8 Å². The second-order valence-electron chi connectivity index (χ2n) is 8.59. The summed E-state index contributed by atoms with van der Waals surface area (Å²) in [5.74, 6) is 0. The van der Waals surface area contributed by atoms with Crippen molar-refractivity contribution in [3.05, 3.63) is 69.8 Å². The Morgan fingerprint density at radius 3 is 2.45 bits per heavy atom. The molecule has 0 aromatic heterocycles. The molecule has 0 radical (unpaired) electrons. The number of nitrogens with zero attached hydrogens (tertiary/aromatic N) is 1. The van der Waals surface area contributed by atoms with Gasteiger partial charge >= 0.3 is 0 Å². The predicted octanol–water partition coefficient (Wildman–Crippen LogP) is 6.23. The molecule has 0 saturated carbocycles. The van der Waals surface area contributed by atoms with Crippen molar-refractivity contribution in [2.24, 2.45) is 0 Å². The first kappa shape index (κ1) is 21.6. The molecule has 1 aliphatic heterocycles. The highest BCUT2D eigenvalue weighted by molar-refractivity contribution is 5.82. The Hall–Kier alpha value is -2.10. The lowest BCUT2D eigenvalue weighted by atomic mass is 9.87. The maximum Gasteiger partial charge on any atom is 0.101 e. The summed E-state index contributed by atoms with van der Waals surface area (Å²) in [5.41, 5.74) is 10.2. The Labute approximate surface area is 176 Å². The summed E-state index contributed by atoms with van der Waals surface area (Å²) in [6, 6.07) is 11.0. The van der Waals surface area contributed by atoms with Crippen molar-refractivity contribution in [3.63, 3.8) is 0 Å². The third-order valence-electron chi connectivity index (χ3n) is 5.83. The van der Waals surface area contributed by atoms with Crippen molar-refractivity contribution in [3.8, 4) is 0 Å². The molecule has 3 rings (SSSR count). The Bertz CT molecular complexity index is 913. The van der Waals surface area contributed by atoms with Gasteiger partial charge in [0.25, 0.3) is 0 Å². The zero-order valence-electron chi connectivity index (χ0n) is 18.9. The molecule has 29 heavy (non-hydrogen) atoms. The van der Waals surface area contributed by atoms with E-state index in [-0.39, 0.29) is 12.1 Å². The monoisotopic (exact) mass is 393 g/mol. The maximum atomic E-state index is 9.86. The summed E-state index contributed by atoms with van der Waals surface area (Å²) in [6.45, 7) is 14.8. The molecule has 1 heterocycles. The van der Waals surface area contributed by atoms with Gasteiger partial charge in [-0.1, -0.05) is 42.8 Å². The topological polar surface area (TPSA) is 32.7 Å². The molecule has 0 spiro atoms. The number of anilines is 1. The third kappa shape index (κ3) is 4.41. The highest BCUT2D eigenvalue weighted by Crippen LogP contribution is 2.43. The Balaban J connectivity index is 2.16.